The second kappa shape index (κ2) is 13.5. The van der Waals surface area contributed by atoms with Crippen molar-refractivity contribution in [3.05, 3.63) is 211 Å². The van der Waals surface area contributed by atoms with Crippen LogP contribution in [0.4, 0.5) is 11.4 Å². The van der Waals surface area contributed by atoms with Gasteiger partial charge in [0.05, 0.1) is 10.8 Å². The van der Waals surface area contributed by atoms with Gasteiger partial charge < -0.3 is 5.73 Å². The van der Waals surface area contributed by atoms with Crippen LogP contribution in [0.2, 0.25) is 0 Å². The fraction of sp³-hybridized carbons (Fsp3) is 0.0426. The molecule has 0 unspecified atom stereocenters. The smallest absolute Gasteiger partial charge is 0.233 e. The highest BCUT2D eigenvalue weighted by Gasteiger charge is 2.38. The molecule has 0 aliphatic carbocycles. The van der Waals surface area contributed by atoms with Crippen molar-refractivity contribution < 1.29 is 0 Å². The minimum atomic E-state index is 0.901. The molecule has 0 saturated heterocycles. The zero-order chi connectivity index (χ0) is 33.9. The Balaban J connectivity index is 1.31. The van der Waals surface area contributed by atoms with E-state index in [1.165, 1.54) is 66.2 Å². The molecule has 0 spiro atoms. The summed E-state index contributed by atoms with van der Waals surface area (Å²) in [4.78, 5) is 0. The Hall–Kier alpha value is -6.25. The average molecular weight is 632 g/mol. The Kier molecular flexibility index (Phi) is 8.62. The lowest BCUT2D eigenvalue weighted by atomic mass is 9.90. The van der Waals surface area contributed by atoms with E-state index in [1.807, 2.05) is 13.0 Å². The molecule has 0 aromatic heterocycles. The van der Waals surface area contributed by atoms with Gasteiger partial charge in [0, 0.05) is 18.3 Å². The third-order valence-corrected chi connectivity index (χ3v) is 9.45. The Bertz CT molecular complexity index is 2420. The highest BCUT2D eigenvalue weighted by Crippen LogP contribution is 2.43. The number of nitrogens with zero attached hydrogens (tertiary/aromatic N) is 1. The molecule has 1 aliphatic rings. The standard InChI is InChI=1S/C47H39N2/c1-5-13-41(40-17-10-8-14-32(40)4)37-22-20-35(21-23-37)38-24-27-43-39(30-38)25-28-44-46(29-26-33(6-2)34(7-3)31-48)49(47(43)44)45-19-12-16-36-15-9-11-18-42(36)45/h5-31H,1,3,48H2,2,4H3/q+1/b29-26-,33-6+,34-31+,41-13-. The van der Waals surface area contributed by atoms with Crippen LogP contribution >= 0.6 is 0 Å². The van der Waals surface area contributed by atoms with Gasteiger partial charge in [0.25, 0.3) is 0 Å². The molecule has 2 nitrogen and oxygen atoms in total. The summed E-state index contributed by atoms with van der Waals surface area (Å²) < 4.78 is 2.40. The number of allylic oxidation sites excluding steroid dienone is 8. The van der Waals surface area contributed by atoms with Crippen molar-refractivity contribution in [2.24, 2.45) is 5.73 Å². The van der Waals surface area contributed by atoms with Crippen LogP contribution in [0.5, 0.6) is 0 Å². The van der Waals surface area contributed by atoms with Crippen molar-refractivity contribution in [1.29, 1.82) is 0 Å². The third-order valence-electron chi connectivity index (χ3n) is 9.45. The molecule has 7 rings (SSSR count). The third kappa shape index (κ3) is 5.68. The van der Waals surface area contributed by atoms with E-state index >= 15 is 0 Å². The molecule has 6 aromatic carbocycles. The Morgan fingerprint density at radius 2 is 1.47 bits per heavy atom. The van der Waals surface area contributed by atoms with E-state index in [9.17, 15) is 0 Å². The van der Waals surface area contributed by atoms with E-state index in [0.29, 0.717) is 0 Å². The molecule has 0 atom stereocenters. The molecule has 1 aliphatic heterocycles. The minimum Gasteiger partial charge on any atom is -0.404 e. The van der Waals surface area contributed by atoms with Gasteiger partial charge in [0.2, 0.25) is 17.1 Å². The second-order valence-electron chi connectivity index (χ2n) is 12.2. The highest BCUT2D eigenvalue weighted by atomic mass is 15.1. The quantitative estimate of drug-likeness (QED) is 0.125. The topological polar surface area (TPSA) is 29.0 Å². The zero-order valence-corrected chi connectivity index (χ0v) is 28.0. The van der Waals surface area contributed by atoms with Crippen molar-refractivity contribution in [3.63, 3.8) is 0 Å². The Morgan fingerprint density at radius 1 is 0.714 bits per heavy atom. The molecule has 0 amide bonds. The van der Waals surface area contributed by atoms with Gasteiger partial charge in [-0.2, -0.15) is 4.58 Å². The molecule has 1 heterocycles. The molecule has 0 bridgehead atoms. The van der Waals surface area contributed by atoms with Crippen LogP contribution in [0.1, 0.15) is 29.2 Å². The van der Waals surface area contributed by atoms with E-state index < -0.39 is 0 Å². The maximum atomic E-state index is 5.92. The summed E-state index contributed by atoms with van der Waals surface area (Å²) in [5.41, 5.74) is 19.8. The molecule has 0 fully saturated rings. The maximum absolute atomic E-state index is 5.92. The van der Waals surface area contributed by atoms with Crippen LogP contribution in [0.3, 0.4) is 0 Å². The largest absolute Gasteiger partial charge is 0.404 e. The van der Waals surface area contributed by atoms with Crippen LogP contribution in [0, 0.1) is 6.92 Å². The highest BCUT2D eigenvalue weighted by molar-refractivity contribution is 6.26. The molecule has 2 heteroatoms. The number of aryl methyl sites for hydroxylation is 1. The van der Waals surface area contributed by atoms with Crippen molar-refractivity contribution in [3.8, 4) is 11.1 Å². The molecule has 49 heavy (non-hydrogen) atoms. The second-order valence-corrected chi connectivity index (χ2v) is 12.2. The van der Waals surface area contributed by atoms with Crippen LogP contribution in [0.15, 0.2) is 188 Å². The fourth-order valence-corrected chi connectivity index (χ4v) is 6.93. The fourth-order valence-electron chi connectivity index (χ4n) is 6.93. The monoisotopic (exact) mass is 631 g/mol. The number of fused-ring (bicyclic) bond motifs is 4. The van der Waals surface area contributed by atoms with Crippen molar-refractivity contribution in [1.82, 2.24) is 4.58 Å². The number of hydrogen-bond acceptors (Lipinski definition) is 1. The van der Waals surface area contributed by atoms with Gasteiger partial charge in [-0.05, 0) is 99.5 Å². The van der Waals surface area contributed by atoms with Crippen LogP contribution in [0.25, 0.3) is 38.2 Å². The first-order chi connectivity index (χ1) is 24.1. The predicted molar refractivity (Wildman–Crippen MR) is 213 cm³/mol. The first-order valence-electron chi connectivity index (χ1n) is 16.7. The van der Waals surface area contributed by atoms with E-state index in [-0.39, 0.29) is 0 Å². The molecule has 0 radical (unpaired) electrons. The molecule has 236 valence electrons. The van der Waals surface area contributed by atoms with Crippen LogP contribution in [-0.2, 0) is 0 Å². The normalized spacial score (nSPS) is 13.6. The Labute approximate surface area is 289 Å². The summed E-state index contributed by atoms with van der Waals surface area (Å²) in [6.07, 6.45) is 13.7. The average Bonchev–Trinajstić information content (AvgIpc) is 3.14. The van der Waals surface area contributed by atoms with Gasteiger partial charge in [-0.15, -0.1) is 0 Å². The summed E-state index contributed by atoms with van der Waals surface area (Å²) in [5, 5.41) is 4.85. The number of hydrogen-bond donors (Lipinski definition) is 1. The van der Waals surface area contributed by atoms with Gasteiger partial charge in [-0.3, -0.25) is 0 Å². The first kappa shape index (κ1) is 31.4. The van der Waals surface area contributed by atoms with Gasteiger partial charge in [0.1, 0.15) is 5.56 Å². The molecular formula is C47H39N2+. The number of benzene rings is 6. The van der Waals surface area contributed by atoms with E-state index in [1.54, 1.807) is 12.3 Å². The van der Waals surface area contributed by atoms with Gasteiger partial charge >= 0.3 is 0 Å². The zero-order valence-electron chi connectivity index (χ0n) is 28.0. The summed E-state index contributed by atoms with van der Waals surface area (Å²) in [6.45, 7) is 12.1. The van der Waals surface area contributed by atoms with E-state index in [0.717, 1.165) is 22.5 Å². The van der Waals surface area contributed by atoms with E-state index in [4.69, 9.17) is 5.73 Å². The minimum absolute atomic E-state index is 0.901. The van der Waals surface area contributed by atoms with Crippen LogP contribution < -0.4 is 10.3 Å². The van der Waals surface area contributed by atoms with Crippen molar-refractivity contribution in [2.45, 2.75) is 13.8 Å². The van der Waals surface area contributed by atoms with Gasteiger partial charge in [-0.25, -0.2) is 0 Å². The van der Waals surface area contributed by atoms with Gasteiger partial charge in [0.15, 0.2) is 0 Å². The predicted octanol–water partition coefficient (Wildman–Crippen LogP) is 11.8. The summed E-state index contributed by atoms with van der Waals surface area (Å²) in [7, 11) is 0. The van der Waals surface area contributed by atoms with Crippen molar-refractivity contribution >= 4 is 44.2 Å². The lowest BCUT2D eigenvalue weighted by Gasteiger charge is -2.21. The van der Waals surface area contributed by atoms with Crippen molar-refractivity contribution in [2.75, 3.05) is 0 Å². The van der Waals surface area contributed by atoms with Gasteiger partial charge in [-0.1, -0.05) is 128 Å². The molecule has 6 aromatic rings. The first-order valence-corrected chi connectivity index (χ1v) is 16.7. The summed E-state index contributed by atoms with van der Waals surface area (Å²) in [6, 6.07) is 43.8. The SMILES string of the molecule is C=C/C=C(/c1ccc(-c2ccc3c4c(ccc3c2)C(\C=C/C(=C\C)C(/C=C)=C/N)=[N+]4c2cccc3ccccc23)cc1)c1ccccc1C. The maximum Gasteiger partial charge on any atom is 0.233 e. The summed E-state index contributed by atoms with van der Waals surface area (Å²) in [5.74, 6) is 0. The van der Waals surface area contributed by atoms with Crippen LogP contribution in [-0.4, -0.2) is 5.71 Å². The molecule has 0 saturated carbocycles. The molecule has 2 N–H and O–H groups in total. The molecular weight excluding hydrogens is 593 g/mol. The lowest BCUT2D eigenvalue weighted by molar-refractivity contribution is 1.06. The Morgan fingerprint density at radius 3 is 2.22 bits per heavy atom. The number of rotatable bonds is 9. The number of nitrogens with two attached hydrogens (primary N) is 1. The lowest BCUT2D eigenvalue weighted by Crippen LogP contribution is -2.28. The summed E-state index contributed by atoms with van der Waals surface area (Å²) >= 11 is 0. The van der Waals surface area contributed by atoms with E-state index in [2.05, 4.69) is 170 Å².